The fourth-order valence-electron chi connectivity index (χ4n) is 1.98. The Kier molecular flexibility index (Phi) is 5.47. The van der Waals surface area contributed by atoms with Gasteiger partial charge in [-0.2, -0.15) is 0 Å². The Bertz CT molecular complexity index is 597. The van der Waals surface area contributed by atoms with Gasteiger partial charge in [-0.15, -0.1) is 0 Å². The van der Waals surface area contributed by atoms with Gasteiger partial charge in [0.1, 0.15) is 6.10 Å². The lowest BCUT2D eigenvalue weighted by molar-refractivity contribution is 0.0567. The third-order valence-electron chi connectivity index (χ3n) is 3.26. The summed E-state index contributed by atoms with van der Waals surface area (Å²) < 4.78 is 5.57. The lowest BCUT2D eigenvalue weighted by atomic mass is 10.1. The summed E-state index contributed by atoms with van der Waals surface area (Å²) in [5.41, 5.74) is 2.96. The molecule has 0 amide bonds. The van der Waals surface area contributed by atoms with Gasteiger partial charge in [0, 0.05) is 5.56 Å². The van der Waals surface area contributed by atoms with Crippen LogP contribution in [-0.2, 0) is 4.74 Å². The minimum atomic E-state index is -0.437. The maximum atomic E-state index is 12.2. The second-order valence-corrected chi connectivity index (χ2v) is 5.02. The van der Waals surface area contributed by atoms with Crippen molar-refractivity contribution in [2.24, 2.45) is 0 Å². The van der Waals surface area contributed by atoms with E-state index in [0.717, 1.165) is 11.1 Å². The molecule has 0 aliphatic carbocycles. The molecule has 2 rings (SSSR count). The highest BCUT2D eigenvalue weighted by molar-refractivity contribution is 5.99. The van der Waals surface area contributed by atoms with Gasteiger partial charge in [-0.1, -0.05) is 72.3 Å². The second kappa shape index (κ2) is 7.55. The van der Waals surface area contributed by atoms with Gasteiger partial charge in [-0.3, -0.25) is 4.79 Å². The van der Waals surface area contributed by atoms with Crippen molar-refractivity contribution in [2.75, 3.05) is 6.61 Å². The molecule has 2 heteroatoms. The molecule has 0 saturated heterocycles. The zero-order valence-corrected chi connectivity index (χ0v) is 12.5. The summed E-state index contributed by atoms with van der Waals surface area (Å²) in [7, 11) is 0. The van der Waals surface area contributed by atoms with Crippen molar-refractivity contribution >= 4 is 11.9 Å². The number of hydrogen-bond acceptors (Lipinski definition) is 2. The SMILES string of the molecule is Cc1ccc(C(=O)C(C)OCC=Cc2ccccc2)cc1. The molecule has 2 nitrogen and oxygen atoms in total. The van der Waals surface area contributed by atoms with Gasteiger partial charge < -0.3 is 4.74 Å². The molecule has 0 heterocycles. The summed E-state index contributed by atoms with van der Waals surface area (Å²) in [6.07, 6.45) is 3.48. The van der Waals surface area contributed by atoms with Crippen molar-refractivity contribution in [2.45, 2.75) is 20.0 Å². The first-order valence-electron chi connectivity index (χ1n) is 7.11. The van der Waals surface area contributed by atoms with Gasteiger partial charge in [0.2, 0.25) is 0 Å². The molecule has 0 spiro atoms. The van der Waals surface area contributed by atoms with Crippen LogP contribution in [-0.4, -0.2) is 18.5 Å². The highest BCUT2D eigenvalue weighted by Gasteiger charge is 2.14. The first-order chi connectivity index (χ1) is 10.2. The smallest absolute Gasteiger partial charge is 0.191 e. The largest absolute Gasteiger partial charge is 0.366 e. The maximum absolute atomic E-state index is 12.2. The maximum Gasteiger partial charge on any atom is 0.191 e. The van der Waals surface area contributed by atoms with Crippen molar-refractivity contribution < 1.29 is 9.53 Å². The van der Waals surface area contributed by atoms with Crippen molar-refractivity contribution in [3.05, 3.63) is 77.4 Å². The Morgan fingerprint density at radius 2 is 1.76 bits per heavy atom. The van der Waals surface area contributed by atoms with Crippen molar-refractivity contribution in [1.29, 1.82) is 0 Å². The summed E-state index contributed by atoms with van der Waals surface area (Å²) in [4.78, 5) is 12.2. The Hall–Kier alpha value is -2.19. The molecule has 0 aromatic heterocycles. The average Bonchev–Trinajstić information content (AvgIpc) is 2.52. The zero-order chi connectivity index (χ0) is 15.1. The number of rotatable bonds is 6. The summed E-state index contributed by atoms with van der Waals surface area (Å²) >= 11 is 0. The van der Waals surface area contributed by atoms with Crippen molar-refractivity contribution in [3.63, 3.8) is 0 Å². The first-order valence-corrected chi connectivity index (χ1v) is 7.11. The standard InChI is InChI=1S/C19H20O2/c1-15-10-12-18(13-11-15)19(20)16(2)21-14-6-9-17-7-4-3-5-8-17/h3-13,16H,14H2,1-2H3. The molecule has 0 aliphatic heterocycles. The molecule has 0 bridgehead atoms. The quantitative estimate of drug-likeness (QED) is 0.738. The van der Waals surface area contributed by atoms with E-state index in [1.165, 1.54) is 0 Å². The minimum Gasteiger partial charge on any atom is -0.366 e. The number of ether oxygens (including phenoxy) is 1. The number of benzene rings is 2. The van der Waals surface area contributed by atoms with Gasteiger partial charge in [-0.05, 0) is 19.4 Å². The molecule has 0 N–H and O–H groups in total. The molecule has 2 aromatic carbocycles. The zero-order valence-electron chi connectivity index (χ0n) is 12.5. The summed E-state index contributed by atoms with van der Waals surface area (Å²) in [6, 6.07) is 17.6. The molecule has 0 aliphatic rings. The topological polar surface area (TPSA) is 26.3 Å². The fourth-order valence-corrected chi connectivity index (χ4v) is 1.98. The molecule has 0 saturated carbocycles. The molecule has 2 aromatic rings. The molecule has 0 fully saturated rings. The highest BCUT2D eigenvalue weighted by atomic mass is 16.5. The normalized spacial score (nSPS) is 12.5. The number of carbonyl (C=O) groups excluding carboxylic acids is 1. The van der Waals surface area contributed by atoms with Gasteiger partial charge in [0.05, 0.1) is 6.61 Å². The molecular weight excluding hydrogens is 260 g/mol. The second-order valence-electron chi connectivity index (χ2n) is 5.02. The molecule has 108 valence electrons. The summed E-state index contributed by atoms with van der Waals surface area (Å²) in [6.45, 7) is 4.22. The van der Waals surface area contributed by atoms with Crippen LogP contribution in [0, 0.1) is 6.92 Å². The van der Waals surface area contributed by atoms with E-state index in [2.05, 4.69) is 0 Å². The van der Waals surface area contributed by atoms with Crippen LogP contribution >= 0.6 is 0 Å². The van der Waals surface area contributed by atoms with Gasteiger partial charge in [0.25, 0.3) is 0 Å². The monoisotopic (exact) mass is 280 g/mol. The molecule has 1 unspecified atom stereocenters. The summed E-state index contributed by atoms with van der Waals surface area (Å²) in [5.74, 6) is 0.0168. The molecule has 1 atom stereocenters. The van der Waals surface area contributed by atoms with Gasteiger partial charge in [0.15, 0.2) is 5.78 Å². The average molecular weight is 280 g/mol. The number of aryl methyl sites for hydroxylation is 1. The van der Waals surface area contributed by atoms with E-state index in [4.69, 9.17) is 4.74 Å². The minimum absolute atomic E-state index is 0.0168. The first kappa shape index (κ1) is 15.2. The Labute approximate surface area is 126 Å². The van der Waals surface area contributed by atoms with Crippen LogP contribution in [0.2, 0.25) is 0 Å². The Morgan fingerprint density at radius 3 is 2.43 bits per heavy atom. The van der Waals surface area contributed by atoms with E-state index in [9.17, 15) is 4.79 Å². The predicted molar refractivity (Wildman–Crippen MR) is 86.4 cm³/mol. The number of carbonyl (C=O) groups is 1. The van der Waals surface area contributed by atoms with E-state index in [1.54, 1.807) is 6.92 Å². The number of hydrogen-bond donors (Lipinski definition) is 0. The lowest BCUT2D eigenvalue weighted by Gasteiger charge is -2.10. The Morgan fingerprint density at radius 1 is 1.10 bits per heavy atom. The van der Waals surface area contributed by atoms with Crippen LogP contribution in [0.4, 0.5) is 0 Å². The van der Waals surface area contributed by atoms with Crippen LogP contribution in [0.25, 0.3) is 6.08 Å². The van der Waals surface area contributed by atoms with E-state index >= 15 is 0 Å². The molecule has 0 radical (unpaired) electrons. The van der Waals surface area contributed by atoms with Crippen LogP contribution in [0.3, 0.4) is 0 Å². The van der Waals surface area contributed by atoms with Crippen molar-refractivity contribution in [1.82, 2.24) is 0 Å². The third kappa shape index (κ3) is 4.69. The highest BCUT2D eigenvalue weighted by Crippen LogP contribution is 2.08. The molecule has 21 heavy (non-hydrogen) atoms. The Balaban J connectivity index is 1.84. The lowest BCUT2D eigenvalue weighted by Crippen LogP contribution is -2.20. The third-order valence-corrected chi connectivity index (χ3v) is 3.26. The number of Topliss-reactive ketones (excluding diaryl/α,β-unsaturated/α-hetero) is 1. The summed E-state index contributed by atoms with van der Waals surface area (Å²) in [5, 5.41) is 0. The fraction of sp³-hybridized carbons (Fsp3) is 0.211. The van der Waals surface area contributed by atoms with E-state index < -0.39 is 6.10 Å². The van der Waals surface area contributed by atoms with Crippen LogP contribution < -0.4 is 0 Å². The van der Waals surface area contributed by atoms with E-state index in [1.807, 2.05) is 73.7 Å². The predicted octanol–water partition coefficient (Wildman–Crippen LogP) is 4.30. The van der Waals surface area contributed by atoms with Gasteiger partial charge in [-0.25, -0.2) is 0 Å². The van der Waals surface area contributed by atoms with Crippen LogP contribution in [0.15, 0.2) is 60.7 Å². The van der Waals surface area contributed by atoms with E-state index in [0.29, 0.717) is 12.2 Å². The van der Waals surface area contributed by atoms with Crippen molar-refractivity contribution in [3.8, 4) is 0 Å². The van der Waals surface area contributed by atoms with Crippen LogP contribution in [0.1, 0.15) is 28.4 Å². The molecular formula is C19H20O2. The van der Waals surface area contributed by atoms with Gasteiger partial charge >= 0.3 is 0 Å². The number of ketones is 1. The van der Waals surface area contributed by atoms with Crippen LogP contribution in [0.5, 0.6) is 0 Å². The van der Waals surface area contributed by atoms with E-state index in [-0.39, 0.29) is 5.78 Å².